The summed E-state index contributed by atoms with van der Waals surface area (Å²) in [6.07, 6.45) is -4.42. The minimum absolute atomic E-state index is 0. The highest BCUT2D eigenvalue weighted by Gasteiger charge is 2.46. The normalized spacial score (nSPS) is 18.4. The molecule has 0 spiro atoms. The average molecular weight is 376 g/mol. The van der Waals surface area contributed by atoms with Crippen LogP contribution in [-0.4, -0.2) is 42.4 Å². The lowest BCUT2D eigenvalue weighted by Crippen LogP contribution is -2.49. The molecule has 1 aromatic carbocycles. The molecule has 0 aliphatic carbocycles. The van der Waals surface area contributed by atoms with Crippen LogP contribution in [0.4, 0.5) is 13.2 Å². The number of phenols is 1. The Hall–Kier alpha value is -0.500. The van der Waals surface area contributed by atoms with Gasteiger partial charge in [0.2, 0.25) is 0 Å². The number of hydrogen-bond acceptors (Lipinski definition) is 3. The van der Waals surface area contributed by atoms with Gasteiger partial charge >= 0.3 is 6.18 Å². The first kappa shape index (κ1) is 17.6. The quantitative estimate of drug-likeness (QED) is 0.834. The Bertz CT molecular complexity index is 453. The summed E-state index contributed by atoms with van der Waals surface area (Å²) >= 11 is 3.06. The maximum absolute atomic E-state index is 13.3. The van der Waals surface area contributed by atoms with E-state index < -0.39 is 12.2 Å². The van der Waals surface area contributed by atoms with Crippen molar-refractivity contribution in [2.45, 2.75) is 12.2 Å². The minimum Gasteiger partial charge on any atom is -0.506 e. The zero-order valence-corrected chi connectivity index (χ0v) is 12.9. The largest absolute Gasteiger partial charge is 0.506 e. The Morgan fingerprint density at radius 1 is 1.25 bits per heavy atom. The van der Waals surface area contributed by atoms with E-state index in [4.69, 9.17) is 0 Å². The Kier molecular flexibility index (Phi) is 6.12. The first-order chi connectivity index (χ1) is 8.91. The summed E-state index contributed by atoms with van der Waals surface area (Å²) in [5.74, 6) is -0.344. The highest BCUT2D eigenvalue weighted by molar-refractivity contribution is 9.10. The maximum Gasteiger partial charge on any atom is 0.408 e. The Labute approximate surface area is 129 Å². The zero-order valence-electron chi connectivity index (χ0n) is 10.5. The van der Waals surface area contributed by atoms with E-state index in [2.05, 4.69) is 21.2 Å². The van der Waals surface area contributed by atoms with Crippen molar-refractivity contribution in [2.75, 3.05) is 26.2 Å². The molecule has 8 heteroatoms. The van der Waals surface area contributed by atoms with Gasteiger partial charge in [-0.3, -0.25) is 4.90 Å². The van der Waals surface area contributed by atoms with Crippen LogP contribution in [-0.2, 0) is 0 Å². The molecule has 114 valence electrons. The second-order valence-electron chi connectivity index (χ2n) is 4.41. The van der Waals surface area contributed by atoms with E-state index in [1.165, 1.54) is 23.1 Å². The summed E-state index contributed by atoms with van der Waals surface area (Å²) in [6.45, 7) is 1.63. The van der Waals surface area contributed by atoms with Crippen molar-refractivity contribution in [3.8, 4) is 5.75 Å². The molecular formula is C12H15BrClF3N2O. The van der Waals surface area contributed by atoms with Gasteiger partial charge in [0.1, 0.15) is 11.8 Å². The van der Waals surface area contributed by atoms with Crippen LogP contribution >= 0.6 is 28.3 Å². The SMILES string of the molecule is Cl.Oc1c(Br)cccc1[C@@H](N1CCNCC1)C(F)(F)F. The zero-order chi connectivity index (χ0) is 14.0. The molecule has 1 aromatic rings. The Morgan fingerprint density at radius 3 is 2.40 bits per heavy atom. The van der Waals surface area contributed by atoms with Gasteiger partial charge in [-0.25, -0.2) is 0 Å². The molecule has 2 N–H and O–H groups in total. The lowest BCUT2D eigenvalue weighted by Gasteiger charge is -2.36. The van der Waals surface area contributed by atoms with Crippen LogP contribution in [0.3, 0.4) is 0 Å². The van der Waals surface area contributed by atoms with Crippen LogP contribution in [0.15, 0.2) is 22.7 Å². The van der Waals surface area contributed by atoms with Crippen molar-refractivity contribution < 1.29 is 18.3 Å². The van der Waals surface area contributed by atoms with Gasteiger partial charge in [0.15, 0.2) is 0 Å². The number of rotatable bonds is 2. The number of halogens is 5. The number of para-hydroxylation sites is 1. The number of benzene rings is 1. The van der Waals surface area contributed by atoms with Crippen molar-refractivity contribution in [2.24, 2.45) is 0 Å². The number of alkyl halides is 3. The minimum atomic E-state index is -4.42. The fraction of sp³-hybridized carbons (Fsp3) is 0.500. The van der Waals surface area contributed by atoms with Crippen molar-refractivity contribution in [1.82, 2.24) is 10.2 Å². The summed E-state index contributed by atoms with van der Waals surface area (Å²) in [7, 11) is 0. The number of nitrogens with one attached hydrogen (secondary N) is 1. The second kappa shape index (κ2) is 6.98. The molecule has 1 fully saturated rings. The van der Waals surface area contributed by atoms with E-state index in [-0.39, 0.29) is 28.2 Å². The topological polar surface area (TPSA) is 35.5 Å². The summed E-state index contributed by atoms with van der Waals surface area (Å²) in [6, 6.07) is 2.57. The molecule has 1 aliphatic rings. The molecular weight excluding hydrogens is 360 g/mol. The van der Waals surface area contributed by atoms with Crippen molar-refractivity contribution in [3.05, 3.63) is 28.2 Å². The summed E-state index contributed by atoms with van der Waals surface area (Å²) in [5.41, 5.74) is -0.108. The molecule has 20 heavy (non-hydrogen) atoms. The van der Waals surface area contributed by atoms with Crippen LogP contribution in [0.5, 0.6) is 5.75 Å². The van der Waals surface area contributed by atoms with E-state index >= 15 is 0 Å². The third kappa shape index (κ3) is 3.78. The molecule has 0 radical (unpaired) electrons. The van der Waals surface area contributed by atoms with E-state index in [9.17, 15) is 18.3 Å². The lowest BCUT2D eigenvalue weighted by molar-refractivity contribution is -0.188. The molecule has 1 atom stereocenters. The van der Waals surface area contributed by atoms with Crippen molar-refractivity contribution in [1.29, 1.82) is 0 Å². The second-order valence-corrected chi connectivity index (χ2v) is 5.26. The third-order valence-corrected chi connectivity index (χ3v) is 3.78. The highest BCUT2D eigenvalue weighted by Crippen LogP contribution is 2.43. The molecule has 0 saturated carbocycles. The van der Waals surface area contributed by atoms with Gasteiger partial charge in [0.05, 0.1) is 4.47 Å². The Morgan fingerprint density at radius 2 is 1.85 bits per heavy atom. The predicted octanol–water partition coefficient (Wildman–Crippen LogP) is 3.09. The van der Waals surface area contributed by atoms with Crippen LogP contribution in [0.2, 0.25) is 0 Å². The fourth-order valence-electron chi connectivity index (χ4n) is 2.27. The Balaban J connectivity index is 0.00000200. The molecule has 2 rings (SSSR count). The summed E-state index contributed by atoms with van der Waals surface area (Å²) in [4.78, 5) is 1.35. The molecule has 0 unspecified atom stereocenters. The van der Waals surface area contributed by atoms with Crippen molar-refractivity contribution in [3.63, 3.8) is 0 Å². The molecule has 0 bridgehead atoms. The van der Waals surface area contributed by atoms with Crippen molar-refractivity contribution >= 4 is 28.3 Å². The number of aromatic hydroxyl groups is 1. The third-order valence-electron chi connectivity index (χ3n) is 3.14. The molecule has 0 aromatic heterocycles. The van der Waals surface area contributed by atoms with Gasteiger partial charge in [-0.15, -0.1) is 12.4 Å². The molecule has 0 amide bonds. The van der Waals surface area contributed by atoms with Crippen LogP contribution in [0.25, 0.3) is 0 Å². The number of nitrogens with zero attached hydrogens (tertiary/aromatic N) is 1. The van der Waals surface area contributed by atoms with Crippen LogP contribution in [0, 0.1) is 0 Å². The lowest BCUT2D eigenvalue weighted by atomic mass is 10.0. The monoisotopic (exact) mass is 374 g/mol. The summed E-state index contributed by atoms with van der Waals surface area (Å²) in [5, 5.41) is 12.9. The number of phenolic OH excluding ortho intramolecular Hbond substituents is 1. The van der Waals surface area contributed by atoms with Crippen LogP contribution in [0.1, 0.15) is 11.6 Å². The first-order valence-corrected chi connectivity index (χ1v) is 6.69. The maximum atomic E-state index is 13.3. The number of hydrogen-bond donors (Lipinski definition) is 2. The highest BCUT2D eigenvalue weighted by atomic mass is 79.9. The van der Waals surface area contributed by atoms with Crippen LogP contribution < -0.4 is 5.32 Å². The van der Waals surface area contributed by atoms with E-state index in [0.29, 0.717) is 26.2 Å². The molecule has 1 aliphatic heterocycles. The van der Waals surface area contributed by atoms with Gasteiger partial charge < -0.3 is 10.4 Å². The predicted molar refractivity (Wildman–Crippen MR) is 76.3 cm³/mol. The van der Waals surface area contributed by atoms with Gasteiger partial charge in [-0.05, 0) is 22.0 Å². The molecule has 3 nitrogen and oxygen atoms in total. The van der Waals surface area contributed by atoms with Gasteiger partial charge in [0.25, 0.3) is 0 Å². The molecule has 1 heterocycles. The fourth-order valence-corrected chi connectivity index (χ4v) is 2.65. The van der Waals surface area contributed by atoms with E-state index in [1.54, 1.807) is 0 Å². The standard InChI is InChI=1S/C12H14BrF3N2O.ClH/c13-9-3-1-2-8(10(9)19)11(12(14,15)16)18-6-4-17-5-7-18;/h1-3,11,17,19H,4-7H2;1H/t11-;/m1./s1. The van der Waals surface area contributed by atoms with E-state index in [1.807, 2.05) is 0 Å². The van der Waals surface area contributed by atoms with Gasteiger partial charge in [0, 0.05) is 31.7 Å². The van der Waals surface area contributed by atoms with Gasteiger partial charge in [-0.2, -0.15) is 13.2 Å². The summed E-state index contributed by atoms with van der Waals surface area (Å²) < 4.78 is 40.2. The first-order valence-electron chi connectivity index (χ1n) is 5.90. The smallest absolute Gasteiger partial charge is 0.408 e. The molecule has 1 saturated heterocycles. The number of piperazine rings is 1. The average Bonchev–Trinajstić information content (AvgIpc) is 2.35. The van der Waals surface area contributed by atoms with Gasteiger partial charge in [-0.1, -0.05) is 12.1 Å². The van der Waals surface area contributed by atoms with E-state index in [0.717, 1.165) is 0 Å².